The fourth-order valence-electron chi connectivity index (χ4n) is 3.32. The molecule has 2 unspecified atom stereocenters. The zero-order valence-corrected chi connectivity index (χ0v) is 15.4. The first-order valence-corrected chi connectivity index (χ1v) is 8.81. The molecule has 0 radical (unpaired) electrons. The van der Waals surface area contributed by atoms with E-state index >= 15 is 0 Å². The number of rotatable bonds is 6. The van der Waals surface area contributed by atoms with Crippen molar-refractivity contribution in [1.82, 2.24) is 9.80 Å². The number of aliphatic hydroxyl groups is 1. The van der Waals surface area contributed by atoms with Gasteiger partial charge in [-0.25, -0.2) is 0 Å². The number of hydrogen-bond donors (Lipinski definition) is 1. The van der Waals surface area contributed by atoms with Crippen LogP contribution in [0.4, 0.5) is 5.69 Å². The van der Waals surface area contributed by atoms with E-state index in [1.807, 2.05) is 28.1 Å². The molecule has 0 saturated carbocycles. The molecule has 1 fully saturated rings. The van der Waals surface area contributed by atoms with Gasteiger partial charge >= 0.3 is 0 Å². The van der Waals surface area contributed by atoms with Crippen molar-refractivity contribution in [2.45, 2.75) is 44.9 Å². The van der Waals surface area contributed by atoms with E-state index in [1.165, 1.54) is 0 Å². The third-order valence-corrected chi connectivity index (χ3v) is 4.86. The second kappa shape index (κ2) is 8.49. The molecule has 2 rings (SSSR count). The van der Waals surface area contributed by atoms with E-state index in [9.17, 15) is 9.90 Å². The summed E-state index contributed by atoms with van der Waals surface area (Å²) in [6.07, 6.45) is 2.82. The van der Waals surface area contributed by atoms with Crippen molar-refractivity contribution in [3.63, 3.8) is 0 Å². The fourth-order valence-corrected chi connectivity index (χ4v) is 3.32. The van der Waals surface area contributed by atoms with Crippen molar-refractivity contribution in [2.75, 3.05) is 39.1 Å². The normalized spacial score (nSPS) is 19.8. The lowest BCUT2D eigenvalue weighted by molar-refractivity contribution is -0.133. The van der Waals surface area contributed by atoms with Crippen LogP contribution in [0.25, 0.3) is 0 Å². The highest BCUT2D eigenvalue weighted by atomic mass is 16.3. The van der Waals surface area contributed by atoms with E-state index in [4.69, 9.17) is 0 Å². The summed E-state index contributed by atoms with van der Waals surface area (Å²) in [5.74, 6) is 0.110. The quantitative estimate of drug-likeness (QED) is 0.864. The van der Waals surface area contributed by atoms with Crippen LogP contribution in [0.2, 0.25) is 0 Å². The Morgan fingerprint density at radius 2 is 1.92 bits per heavy atom. The minimum atomic E-state index is -0.387. The number of likely N-dealkylation sites (tertiary alicyclic amines) is 1. The zero-order valence-electron chi connectivity index (χ0n) is 15.4. The molecule has 1 saturated heterocycles. The van der Waals surface area contributed by atoms with Crippen LogP contribution in [0.5, 0.6) is 0 Å². The maximum absolute atomic E-state index is 12.6. The van der Waals surface area contributed by atoms with E-state index in [-0.39, 0.29) is 18.1 Å². The standard InChI is InChI=1S/C19H31N3O2/c1-15(23)18-7-5-6-12-22(18)14-19(24)21(4)13-16-8-10-17(11-9-16)20(2)3/h8-11,15,18,23H,5-7,12-14H2,1-4H3. The number of carbonyl (C=O) groups excluding carboxylic acids is 1. The van der Waals surface area contributed by atoms with Crippen LogP contribution in [0, 0.1) is 0 Å². The molecule has 2 atom stereocenters. The highest BCUT2D eigenvalue weighted by Gasteiger charge is 2.28. The van der Waals surface area contributed by atoms with Crippen molar-refractivity contribution in [2.24, 2.45) is 0 Å². The summed E-state index contributed by atoms with van der Waals surface area (Å²) < 4.78 is 0. The number of carbonyl (C=O) groups is 1. The molecular weight excluding hydrogens is 302 g/mol. The predicted octanol–water partition coefficient (Wildman–Crippen LogP) is 1.95. The number of hydrogen-bond acceptors (Lipinski definition) is 4. The van der Waals surface area contributed by atoms with Gasteiger partial charge < -0.3 is 14.9 Å². The van der Waals surface area contributed by atoms with E-state index in [2.05, 4.69) is 34.1 Å². The summed E-state index contributed by atoms with van der Waals surface area (Å²) in [4.78, 5) is 18.5. The molecule has 1 N–H and O–H groups in total. The lowest BCUT2D eigenvalue weighted by Crippen LogP contribution is -2.49. The van der Waals surface area contributed by atoms with Gasteiger partial charge in [0.05, 0.1) is 12.6 Å². The Morgan fingerprint density at radius 3 is 2.50 bits per heavy atom. The third-order valence-electron chi connectivity index (χ3n) is 4.86. The highest BCUT2D eigenvalue weighted by molar-refractivity contribution is 5.78. The Morgan fingerprint density at radius 1 is 1.25 bits per heavy atom. The minimum Gasteiger partial charge on any atom is -0.392 e. The lowest BCUT2D eigenvalue weighted by atomic mass is 9.98. The number of nitrogens with zero attached hydrogens (tertiary/aromatic N) is 3. The number of aliphatic hydroxyl groups excluding tert-OH is 1. The fraction of sp³-hybridized carbons (Fsp3) is 0.632. The average molecular weight is 333 g/mol. The molecule has 0 aliphatic carbocycles. The van der Waals surface area contributed by atoms with Gasteiger partial charge in [-0.3, -0.25) is 9.69 Å². The van der Waals surface area contributed by atoms with Gasteiger partial charge in [0, 0.05) is 39.4 Å². The highest BCUT2D eigenvalue weighted by Crippen LogP contribution is 2.20. The van der Waals surface area contributed by atoms with Gasteiger partial charge in [-0.05, 0) is 44.0 Å². The van der Waals surface area contributed by atoms with E-state index in [0.29, 0.717) is 13.1 Å². The van der Waals surface area contributed by atoms with Crippen LogP contribution in [0.3, 0.4) is 0 Å². The predicted molar refractivity (Wildman–Crippen MR) is 98.1 cm³/mol. The average Bonchev–Trinajstić information content (AvgIpc) is 2.55. The molecule has 5 nitrogen and oxygen atoms in total. The number of benzene rings is 1. The summed E-state index contributed by atoms with van der Waals surface area (Å²) in [5, 5.41) is 9.93. The van der Waals surface area contributed by atoms with Gasteiger partial charge in [0.2, 0.25) is 5.91 Å². The minimum absolute atomic E-state index is 0.107. The van der Waals surface area contributed by atoms with E-state index in [0.717, 1.165) is 37.1 Å². The maximum Gasteiger partial charge on any atom is 0.236 e. The molecule has 0 aromatic heterocycles. The molecule has 134 valence electrons. The van der Waals surface area contributed by atoms with Crippen LogP contribution in [0.15, 0.2) is 24.3 Å². The van der Waals surface area contributed by atoms with Crippen LogP contribution in [0.1, 0.15) is 31.7 Å². The zero-order chi connectivity index (χ0) is 17.7. The third kappa shape index (κ3) is 4.95. The summed E-state index contributed by atoms with van der Waals surface area (Å²) in [5.41, 5.74) is 2.28. The van der Waals surface area contributed by atoms with Crippen molar-refractivity contribution < 1.29 is 9.90 Å². The first-order valence-electron chi connectivity index (χ1n) is 8.81. The van der Waals surface area contributed by atoms with Gasteiger partial charge in [0.1, 0.15) is 0 Å². The molecule has 1 aromatic carbocycles. The van der Waals surface area contributed by atoms with Crippen molar-refractivity contribution >= 4 is 11.6 Å². The first-order chi connectivity index (χ1) is 11.4. The van der Waals surface area contributed by atoms with Gasteiger partial charge in [-0.15, -0.1) is 0 Å². The van der Waals surface area contributed by atoms with Crippen molar-refractivity contribution in [3.8, 4) is 0 Å². The maximum atomic E-state index is 12.6. The van der Waals surface area contributed by atoms with Crippen LogP contribution in [-0.2, 0) is 11.3 Å². The molecule has 1 heterocycles. The lowest BCUT2D eigenvalue weighted by Gasteiger charge is -2.37. The Balaban J connectivity index is 1.91. The van der Waals surface area contributed by atoms with E-state index in [1.54, 1.807) is 4.90 Å². The molecule has 0 spiro atoms. The second-order valence-electron chi connectivity index (χ2n) is 7.08. The summed E-state index contributed by atoms with van der Waals surface area (Å²) >= 11 is 0. The molecule has 1 aliphatic heterocycles. The number of likely N-dealkylation sites (N-methyl/N-ethyl adjacent to an activating group) is 1. The van der Waals surface area contributed by atoms with E-state index < -0.39 is 0 Å². The number of amides is 1. The van der Waals surface area contributed by atoms with Crippen LogP contribution in [-0.4, -0.2) is 67.2 Å². The molecule has 1 amide bonds. The molecule has 1 aliphatic rings. The van der Waals surface area contributed by atoms with Crippen molar-refractivity contribution in [3.05, 3.63) is 29.8 Å². The Hall–Kier alpha value is -1.59. The smallest absolute Gasteiger partial charge is 0.236 e. The largest absolute Gasteiger partial charge is 0.392 e. The van der Waals surface area contributed by atoms with Gasteiger partial charge in [-0.2, -0.15) is 0 Å². The van der Waals surface area contributed by atoms with Crippen LogP contribution >= 0.6 is 0 Å². The molecular formula is C19H31N3O2. The Kier molecular flexibility index (Phi) is 6.63. The topological polar surface area (TPSA) is 47.0 Å². The SMILES string of the molecule is CC(O)C1CCCCN1CC(=O)N(C)Cc1ccc(N(C)C)cc1. The van der Waals surface area contributed by atoms with Gasteiger partial charge in [-0.1, -0.05) is 18.6 Å². The first kappa shape index (κ1) is 18.7. The number of piperidine rings is 1. The summed E-state index contributed by atoms with van der Waals surface area (Å²) in [6, 6.07) is 8.39. The molecule has 24 heavy (non-hydrogen) atoms. The molecule has 1 aromatic rings. The van der Waals surface area contributed by atoms with Crippen LogP contribution < -0.4 is 4.90 Å². The second-order valence-corrected chi connectivity index (χ2v) is 7.08. The van der Waals surface area contributed by atoms with Gasteiger partial charge in [0.25, 0.3) is 0 Å². The van der Waals surface area contributed by atoms with Gasteiger partial charge in [0.15, 0.2) is 0 Å². The summed E-state index contributed by atoms with van der Waals surface area (Å²) in [6.45, 7) is 3.72. The Bertz CT molecular complexity index is 528. The monoisotopic (exact) mass is 333 g/mol. The summed E-state index contributed by atoms with van der Waals surface area (Å²) in [7, 11) is 5.88. The molecule has 0 bridgehead atoms. The number of anilines is 1. The Labute approximate surface area is 145 Å². The molecule has 5 heteroatoms. The van der Waals surface area contributed by atoms with Crippen molar-refractivity contribution in [1.29, 1.82) is 0 Å².